The molecule has 0 saturated carbocycles. The second kappa shape index (κ2) is 5.98. The van der Waals surface area contributed by atoms with Crippen LogP contribution in [0.15, 0.2) is 12.1 Å². The number of likely N-dealkylation sites (tertiary alicyclic amines) is 1. The lowest BCUT2D eigenvalue weighted by Crippen LogP contribution is -2.31. The number of carbonyl (C=O) groups is 1. The molecule has 0 bridgehead atoms. The van der Waals surface area contributed by atoms with Gasteiger partial charge in [0.25, 0.3) is 5.91 Å². The van der Waals surface area contributed by atoms with Gasteiger partial charge in [0.1, 0.15) is 6.10 Å². The molecule has 7 heteroatoms. The minimum absolute atomic E-state index is 0.0224. The fourth-order valence-electron chi connectivity index (χ4n) is 2.87. The van der Waals surface area contributed by atoms with Crippen LogP contribution in [0.25, 0.3) is 0 Å². The summed E-state index contributed by atoms with van der Waals surface area (Å²) in [5.74, 6) is 0.526. The first-order valence-electron chi connectivity index (χ1n) is 7.72. The van der Waals surface area contributed by atoms with Gasteiger partial charge in [0.05, 0.1) is 23.5 Å². The van der Waals surface area contributed by atoms with Crippen LogP contribution in [0.3, 0.4) is 0 Å². The molecule has 0 unspecified atom stereocenters. The maximum absolute atomic E-state index is 12.7. The standard InChI is InChI=1S/C16H21N5O2/c1-10-5-6-14(18-17-10)23-13-7-8-21(9-13)16(22)15-11(2)19-20(4)12(15)3/h5-6,13H,7-9H2,1-4H3/t13-/m0/s1. The predicted octanol–water partition coefficient (Wildman–Crippen LogP) is 1.43. The van der Waals surface area contributed by atoms with Crippen molar-refractivity contribution in [2.75, 3.05) is 13.1 Å². The van der Waals surface area contributed by atoms with E-state index >= 15 is 0 Å². The highest BCUT2D eigenvalue weighted by Crippen LogP contribution is 2.21. The highest BCUT2D eigenvalue weighted by Gasteiger charge is 2.31. The van der Waals surface area contributed by atoms with Crippen LogP contribution in [-0.2, 0) is 7.05 Å². The molecule has 0 aliphatic carbocycles. The number of ether oxygens (including phenoxy) is 1. The van der Waals surface area contributed by atoms with Gasteiger partial charge in [0.2, 0.25) is 5.88 Å². The molecule has 1 saturated heterocycles. The van der Waals surface area contributed by atoms with Gasteiger partial charge in [-0.15, -0.1) is 5.10 Å². The second-order valence-electron chi connectivity index (χ2n) is 5.96. The fraction of sp³-hybridized carbons (Fsp3) is 0.500. The molecular formula is C16H21N5O2. The smallest absolute Gasteiger partial charge is 0.257 e. The van der Waals surface area contributed by atoms with Crippen LogP contribution in [0.5, 0.6) is 5.88 Å². The van der Waals surface area contributed by atoms with Crippen LogP contribution in [0.1, 0.15) is 33.9 Å². The minimum Gasteiger partial charge on any atom is -0.471 e. The molecule has 1 fully saturated rings. The van der Waals surface area contributed by atoms with Gasteiger partial charge in [0, 0.05) is 31.8 Å². The maximum atomic E-state index is 12.7. The first-order chi connectivity index (χ1) is 11.0. The second-order valence-corrected chi connectivity index (χ2v) is 5.96. The van der Waals surface area contributed by atoms with Crippen molar-refractivity contribution in [1.82, 2.24) is 24.9 Å². The lowest BCUT2D eigenvalue weighted by Gasteiger charge is -2.17. The summed E-state index contributed by atoms with van der Waals surface area (Å²) in [5, 5.41) is 12.3. The Morgan fingerprint density at radius 3 is 2.65 bits per heavy atom. The molecule has 0 N–H and O–H groups in total. The van der Waals surface area contributed by atoms with Crippen molar-refractivity contribution in [2.24, 2.45) is 7.05 Å². The summed E-state index contributed by atoms with van der Waals surface area (Å²) in [4.78, 5) is 14.6. The zero-order valence-electron chi connectivity index (χ0n) is 13.9. The van der Waals surface area contributed by atoms with E-state index in [-0.39, 0.29) is 12.0 Å². The number of nitrogens with zero attached hydrogens (tertiary/aromatic N) is 5. The number of aromatic nitrogens is 4. The molecule has 0 spiro atoms. The summed E-state index contributed by atoms with van der Waals surface area (Å²) >= 11 is 0. The Labute approximate surface area is 135 Å². The van der Waals surface area contributed by atoms with Crippen molar-refractivity contribution < 1.29 is 9.53 Å². The van der Waals surface area contributed by atoms with Crippen molar-refractivity contribution in [3.63, 3.8) is 0 Å². The van der Waals surface area contributed by atoms with Gasteiger partial charge in [-0.1, -0.05) is 0 Å². The van der Waals surface area contributed by atoms with Gasteiger partial charge in [-0.05, 0) is 26.8 Å². The Kier molecular flexibility index (Phi) is 4.02. The predicted molar refractivity (Wildman–Crippen MR) is 84.4 cm³/mol. The number of aryl methyl sites for hydroxylation is 3. The largest absolute Gasteiger partial charge is 0.471 e. The first kappa shape index (κ1) is 15.5. The van der Waals surface area contributed by atoms with Gasteiger partial charge in [0.15, 0.2) is 0 Å². The van der Waals surface area contributed by atoms with E-state index in [2.05, 4.69) is 15.3 Å². The van der Waals surface area contributed by atoms with Crippen molar-refractivity contribution in [1.29, 1.82) is 0 Å². The molecule has 122 valence electrons. The molecule has 3 rings (SSSR count). The highest BCUT2D eigenvalue weighted by atomic mass is 16.5. The summed E-state index contributed by atoms with van der Waals surface area (Å²) in [5.41, 5.74) is 3.21. The molecule has 0 aromatic carbocycles. The molecular weight excluding hydrogens is 294 g/mol. The van der Waals surface area contributed by atoms with Crippen molar-refractivity contribution >= 4 is 5.91 Å². The Balaban J connectivity index is 1.67. The Morgan fingerprint density at radius 2 is 2.04 bits per heavy atom. The lowest BCUT2D eigenvalue weighted by atomic mass is 10.2. The van der Waals surface area contributed by atoms with E-state index in [4.69, 9.17) is 4.74 Å². The number of amides is 1. The van der Waals surface area contributed by atoms with Crippen LogP contribution in [0.2, 0.25) is 0 Å². The van der Waals surface area contributed by atoms with Gasteiger partial charge >= 0.3 is 0 Å². The highest BCUT2D eigenvalue weighted by molar-refractivity contribution is 5.96. The molecule has 1 aliphatic heterocycles. The third kappa shape index (κ3) is 3.04. The van der Waals surface area contributed by atoms with Crippen LogP contribution >= 0.6 is 0 Å². The molecule has 2 aromatic rings. The van der Waals surface area contributed by atoms with Crippen LogP contribution in [0.4, 0.5) is 0 Å². The van der Waals surface area contributed by atoms with Gasteiger partial charge in [-0.3, -0.25) is 9.48 Å². The van der Waals surface area contributed by atoms with E-state index in [1.54, 1.807) is 4.68 Å². The summed E-state index contributed by atoms with van der Waals surface area (Å²) in [6.45, 7) is 6.90. The van der Waals surface area contributed by atoms with E-state index in [0.717, 1.165) is 23.5 Å². The number of hydrogen-bond donors (Lipinski definition) is 0. The van der Waals surface area contributed by atoms with E-state index in [9.17, 15) is 4.79 Å². The summed E-state index contributed by atoms with van der Waals surface area (Å²) in [7, 11) is 1.85. The Hall–Kier alpha value is -2.44. The molecule has 3 heterocycles. The Morgan fingerprint density at radius 1 is 1.26 bits per heavy atom. The topological polar surface area (TPSA) is 73.1 Å². The molecule has 1 aliphatic rings. The molecule has 23 heavy (non-hydrogen) atoms. The summed E-state index contributed by atoms with van der Waals surface area (Å²) in [6, 6.07) is 3.67. The quantitative estimate of drug-likeness (QED) is 0.856. The van der Waals surface area contributed by atoms with Crippen molar-refractivity contribution in [2.45, 2.75) is 33.3 Å². The molecule has 1 atom stereocenters. The van der Waals surface area contributed by atoms with Crippen LogP contribution in [0, 0.1) is 20.8 Å². The van der Waals surface area contributed by atoms with E-state index < -0.39 is 0 Å². The van der Waals surface area contributed by atoms with Gasteiger partial charge in [-0.2, -0.15) is 10.2 Å². The van der Waals surface area contributed by atoms with E-state index in [1.807, 2.05) is 44.9 Å². The van der Waals surface area contributed by atoms with E-state index in [0.29, 0.717) is 24.5 Å². The monoisotopic (exact) mass is 315 g/mol. The number of hydrogen-bond acceptors (Lipinski definition) is 5. The van der Waals surface area contributed by atoms with Crippen molar-refractivity contribution in [3.05, 3.63) is 34.8 Å². The van der Waals surface area contributed by atoms with Gasteiger partial charge in [-0.25, -0.2) is 0 Å². The zero-order valence-corrected chi connectivity index (χ0v) is 13.9. The van der Waals surface area contributed by atoms with Crippen LogP contribution < -0.4 is 4.74 Å². The summed E-state index contributed by atoms with van der Waals surface area (Å²) in [6.07, 6.45) is 0.743. The summed E-state index contributed by atoms with van der Waals surface area (Å²) < 4.78 is 7.57. The lowest BCUT2D eigenvalue weighted by molar-refractivity contribution is 0.0769. The zero-order chi connectivity index (χ0) is 16.6. The van der Waals surface area contributed by atoms with Gasteiger partial charge < -0.3 is 9.64 Å². The van der Waals surface area contributed by atoms with Crippen molar-refractivity contribution in [3.8, 4) is 5.88 Å². The van der Waals surface area contributed by atoms with E-state index in [1.165, 1.54) is 0 Å². The third-order valence-corrected chi connectivity index (χ3v) is 4.22. The molecule has 7 nitrogen and oxygen atoms in total. The maximum Gasteiger partial charge on any atom is 0.257 e. The average molecular weight is 315 g/mol. The molecule has 1 amide bonds. The first-order valence-corrected chi connectivity index (χ1v) is 7.72. The number of carbonyl (C=O) groups excluding carboxylic acids is 1. The van der Waals surface area contributed by atoms with Crippen LogP contribution in [-0.4, -0.2) is 50.0 Å². The normalized spacial score (nSPS) is 17.6. The third-order valence-electron chi connectivity index (χ3n) is 4.22. The average Bonchev–Trinajstić information content (AvgIpc) is 3.07. The minimum atomic E-state index is -0.0479. The molecule has 2 aromatic heterocycles. The molecule has 0 radical (unpaired) electrons. The Bertz CT molecular complexity index is 723. The number of rotatable bonds is 3. The SMILES string of the molecule is Cc1ccc(O[C@H]2CCN(C(=O)c3c(C)nn(C)c3C)C2)nn1. The fourth-order valence-corrected chi connectivity index (χ4v) is 2.87.